The van der Waals surface area contributed by atoms with Crippen LogP contribution in [-0.4, -0.2) is 33.9 Å². The Morgan fingerprint density at radius 1 is 1.04 bits per heavy atom. The number of hydrogen-bond donors (Lipinski definition) is 3. The van der Waals surface area contributed by atoms with Gasteiger partial charge < -0.3 is 15.7 Å². The first-order chi connectivity index (χ1) is 12.8. The van der Waals surface area contributed by atoms with Gasteiger partial charge in [0.15, 0.2) is 0 Å². The molecule has 1 atom stereocenters. The highest BCUT2D eigenvalue weighted by Crippen LogP contribution is 2.19. The molecule has 2 amide bonds. The first-order valence-corrected chi connectivity index (χ1v) is 9.48. The van der Waals surface area contributed by atoms with Gasteiger partial charge >= 0.3 is 5.97 Å². The van der Waals surface area contributed by atoms with Crippen molar-refractivity contribution in [3.8, 4) is 0 Å². The van der Waals surface area contributed by atoms with Crippen molar-refractivity contribution in [3.05, 3.63) is 59.7 Å². The largest absolute Gasteiger partial charge is 0.481 e. The van der Waals surface area contributed by atoms with E-state index in [0.29, 0.717) is 16.9 Å². The Morgan fingerprint density at radius 2 is 1.70 bits per heavy atom. The number of carboxylic acids is 1. The molecule has 2 rings (SSSR count). The minimum Gasteiger partial charge on any atom is -0.481 e. The van der Waals surface area contributed by atoms with Crippen molar-refractivity contribution in [1.82, 2.24) is 0 Å². The van der Waals surface area contributed by atoms with Gasteiger partial charge in [0.05, 0.1) is 17.4 Å². The molecule has 0 heterocycles. The van der Waals surface area contributed by atoms with Gasteiger partial charge in [0, 0.05) is 11.4 Å². The number of aliphatic carboxylic acids is 1. The fraction of sp³-hybridized carbons (Fsp3) is 0.250. The van der Waals surface area contributed by atoms with Crippen LogP contribution in [0.25, 0.3) is 0 Å². The van der Waals surface area contributed by atoms with Gasteiger partial charge in [-0.05, 0) is 37.6 Å². The summed E-state index contributed by atoms with van der Waals surface area (Å²) in [7, 11) is 0. The van der Waals surface area contributed by atoms with Crippen molar-refractivity contribution in [2.75, 3.05) is 16.4 Å². The zero-order chi connectivity index (χ0) is 19.8. The Hall–Kier alpha value is -2.80. The maximum atomic E-state index is 12.3. The third kappa shape index (κ3) is 6.79. The molecule has 3 N–H and O–H groups in total. The predicted molar refractivity (Wildman–Crippen MR) is 108 cm³/mol. The summed E-state index contributed by atoms with van der Waals surface area (Å²) in [5.41, 5.74) is 2.83. The molecular formula is C20H22N2O4S. The number of benzene rings is 2. The number of carboxylic acid groups (broad SMARTS) is 1. The Kier molecular flexibility index (Phi) is 7.43. The standard InChI is InChI=1S/C20H22N2O4S/c1-13-7-9-16(10-8-13)21-18(23)12-27-14(2)20(26)22-17-6-4-3-5-15(17)11-19(24)25/h3-10,14H,11-12H2,1-2H3,(H,21,23)(H,22,26)(H,24,25). The molecule has 0 spiro atoms. The lowest BCUT2D eigenvalue weighted by Gasteiger charge is -2.14. The van der Waals surface area contributed by atoms with Crippen LogP contribution in [-0.2, 0) is 20.8 Å². The van der Waals surface area contributed by atoms with E-state index in [1.54, 1.807) is 31.2 Å². The summed E-state index contributed by atoms with van der Waals surface area (Å²) in [6, 6.07) is 14.3. The van der Waals surface area contributed by atoms with Crippen LogP contribution in [0.3, 0.4) is 0 Å². The molecule has 0 radical (unpaired) electrons. The number of carbonyl (C=O) groups is 3. The van der Waals surface area contributed by atoms with E-state index in [-0.39, 0.29) is 24.0 Å². The monoisotopic (exact) mass is 386 g/mol. The summed E-state index contributed by atoms with van der Waals surface area (Å²) in [5.74, 6) is -1.29. The number of thioether (sulfide) groups is 1. The molecule has 1 unspecified atom stereocenters. The van der Waals surface area contributed by atoms with Crippen LogP contribution in [0, 0.1) is 6.92 Å². The van der Waals surface area contributed by atoms with Gasteiger partial charge in [0.1, 0.15) is 0 Å². The van der Waals surface area contributed by atoms with E-state index in [4.69, 9.17) is 5.11 Å². The minimum atomic E-state index is -0.966. The van der Waals surface area contributed by atoms with Crippen molar-refractivity contribution in [2.45, 2.75) is 25.5 Å². The Balaban J connectivity index is 1.86. The Morgan fingerprint density at radius 3 is 2.37 bits per heavy atom. The van der Waals surface area contributed by atoms with E-state index in [9.17, 15) is 14.4 Å². The van der Waals surface area contributed by atoms with Crippen molar-refractivity contribution < 1.29 is 19.5 Å². The van der Waals surface area contributed by atoms with Crippen molar-refractivity contribution >= 4 is 40.9 Å². The maximum Gasteiger partial charge on any atom is 0.307 e. The molecule has 0 saturated carbocycles. The second kappa shape index (κ2) is 9.78. The fourth-order valence-electron chi connectivity index (χ4n) is 2.30. The molecule has 142 valence electrons. The first-order valence-electron chi connectivity index (χ1n) is 8.44. The van der Waals surface area contributed by atoms with Crippen molar-refractivity contribution in [3.63, 3.8) is 0 Å². The van der Waals surface area contributed by atoms with Gasteiger partial charge in [0.2, 0.25) is 11.8 Å². The van der Waals surface area contributed by atoms with Gasteiger partial charge in [-0.2, -0.15) is 0 Å². The number of para-hydroxylation sites is 1. The van der Waals surface area contributed by atoms with E-state index >= 15 is 0 Å². The molecule has 0 aliphatic rings. The molecule has 2 aromatic carbocycles. The van der Waals surface area contributed by atoms with Gasteiger partial charge in [-0.1, -0.05) is 35.9 Å². The highest BCUT2D eigenvalue weighted by molar-refractivity contribution is 8.01. The lowest BCUT2D eigenvalue weighted by atomic mass is 10.1. The summed E-state index contributed by atoms with van der Waals surface area (Å²) >= 11 is 1.21. The van der Waals surface area contributed by atoms with Crippen LogP contribution in [0.4, 0.5) is 11.4 Å². The van der Waals surface area contributed by atoms with Crippen LogP contribution < -0.4 is 10.6 Å². The summed E-state index contributed by atoms with van der Waals surface area (Å²) in [6.07, 6.45) is -0.170. The summed E-state index contributed by atoms with van der Waals surface area (Å²) in [4.78, 5) is 35.3. The molecule has 6 nitrogen and oxygen atoms in total. The van der Waals surface area contributed by atoms with E-state index < -0.39 is 11.2 Å². The number of carbonyl (C=O) groups excluding carboxylic acids is 2. The summed E-state index contributed by atoms with van der Waals surface area (Å²) < 4.78 is 0. The average molecular weight is 386 g/mol. The van der Waals surface area contributed by atoms with E-state index in [0.717, 1.165) is 5.56 Å². The molecule has 0 aliphatic heterocycles. The number of aryl methyl sites for hydroxylation is 1. The summed E-state index contributed by atoms with van der Waals surface area (Å²) in [6.45, 7) is 3.68. The normalized spacial score (nSPS) is 11.5. The van der Waals surface area contributed by atoms with Crippen LogP contribution in [0.5, 0.6) is 0 Å². The molecule has 0 bridgehead atoms. The number of hydrogen-bond acceptors (Lipinski definition) is 4. The van der Waals surface area contributed by atoms with Crippen LogP contribution >= 0.6 is 11.8 Å². The summed E-state index contributed by atoms with van der Waals surface area (Å²) in [5, 5.41) is 14.0. The predicted octanol–water partition coefficient (Wildman–Crippen LogP) is 3.32. The fourth-order valence-corrected chi connectivity index (χ4v) is 2.99. The second-order valence-corrected chi connectivity index (χ2v) is 7.41. The molecule has 0 aromatic heterocycles. The lowest BCUT2D eigenvalue weighted by Crippen LogP contribution is -2.25. The van der Waals surface area contributed by atoms with Crippen molar-refractivity contribution in [2.24, 2.45) is 0 Å². The Bertz CT molecular complexity index is 821. The van der Waals surface area contributed by atoms with E-state index in [1.807, 2.05) is 31.2 Å². The highest BCUT2D eigenvalue weighted by atomic mass is 32.2. The molecular weight excluding hydrogens is 364 g/mol. The highest BCUT2D eigenvalue weighted by Gasteiger charge is 2.17. The zero-order valence-corrected chi connectivity index (χ0v) is 16.0. The molecule has 0 aliphatic carbocycles. The Labute approximate surface area is 162 Å². The van der Waals surface area contributed by atoms with Crippen molar-refractivity contribution in [1.29, 1.82) is 0 Å². The quantitative estimate of drug-likeness (QED) is 0.647. The van der Waals surface area contributed by atoms with Gasteiger partial charge in [0.25, 0.3) is 0 Å². The number of rotatable bonds is 8. The minimum absolute atomic E-state index is 0.138. The SMILES string of the molecule is Cc1ccc(NC(=O)CSC(C)C(=O)Nc2ccccc2CC(=O)O)cc1. The molecule has 0 fully saturated rings. The molecule has 2 aromatic rings. The smallest absolute Gasteiger partial charge is 0.307 e. The number of nitrogens with one attached hydrogen (secondary N) is 2. The topological polar surface area (TPSA) is 95.5 Å². The average Bonchev–Trinajstić information content (AvgIpc) is 2.62. The lowest BCUT2D eigenvalue weighted by molar-refractivity contribution is -0.136. The number of anilines is 2. The first kappa shape index (κ1) is 20.5. The molecule has 7 heteroatoms. The second-order valence-electron chi connectivity index (χ2n) is 6.08. The van der Waals surface area contributed by atoms with E-state index in [2.05, 4.69) is 10.6 Å². The number of amides is 2. The van der Waals surface area contributed by atoms with Crippen LogP contribution in [0.1, 0.15) is 18.1 Å². The maximum absolute atomic E-state index is 12.3. The van der Waals surface area contributed by atoms with Crippen LogP contribution in [0.2, 0.25) is 0 Å². The van der Waals surface area contributed by atoms with Crippen LogP contribution in [0.15, 0.2) is 48.5 Å². The third-order valence-electron chi connectivity index (χ3n) is 3.79. The molecule has 0 saturated heterocycles. The zero-order valence-electron chi connectivity index (χ0n) is 15.2. The van der Waals surface area contributed by atoms with Gasteiger partial charge in [-0.3, -0.25) is 14.4 Å². The van der Waals surface area contributed by atoms with E-state index in [1.165, 1.54) is 11.8 Å². The molecule has 27 heavy (non-hydrogen) atoms. The van der Waals surface area contributed by atoms with Gasteiger partial charge in [-0.25, -0.2) is 0 Å². The third-order valence-corrected chi connectivity index (χ3v) is 4.93. The van der Waals surface area contributed by atoms with Gasteiger partial charge in [-0.15, -0.1) is 11.8 Å².